The zero-order valence-electron chi connectivity index (χ0n) is 12.5. The molecule has 0 aliphatic carbocycles. The van der Waals surface area contributed by atoms with E-state index in [1.54, 1.807) is 18.6 Å². The van der Waals surface area contributed by atoms with E-state index in [0.717, 1.165) is 16.8 Å². The molecule has 6 nitrogen and oxygen atoms in total. The summed E-state index contributed by atoms with van der Waals surface area (Å²) < 4.78 is 0. The number of aromatic nitrogens is 3. The fourth-order valence-corrected chi connectivity index (χ4v) is 2.34. The van der Waals surface area contributed by atoms with Crippen molar-refractivity contribution >= 4 is 0 Å². The normalized spacial score (nSPS) is 12.0. The topological polar surface area (TPSA) is 85.3 Å². The molecule has 2 rings (SSSR count). The van der Waals surface area contributed by atoms with E-state index in [-0.39, 0.29) is 13.2 Å². The van der Waals surface area contributed by atoms with Crippen LogP contribution in [0.15, 0.2) is 30.7 Å². The maximum absolute atomic E-state index is 9.38. The van der Waals surface area contributed by atoms with Gasteiger partial charge in [0.25, 0.3) is 0 Å². The van der Waals surface area contributed by atoms with Gasteiger partial charge in [-0.3, -0.25) is 10.1 Å². The standard InChI is InChI=1S/C15H22N4O2/c1-15(10-20,11-21)9-19(2)8-13-7-17-18-14(13)12-4-3-5-16-6-12/h3-7,20-21H,8-11H2,1-2H3,(H,17,18). The number of hydrogen-bond acceptors (Lipinski definition) is 5. The van der Waals surface area contributed by atoms with Crippen LogP contribution in [0.5, 0.6) is 0 Å². The number of H-pyrrole nitrogens is 1. The summed E-state index contributed by atoms with van der Waals surface area (Å²) in [4.78, 5) is 6.19. The van der Waals surface area contributed by atoms with Crippen LogP contribution >= 0.6 is 0 Å². The molecule has 0 spiro atoms. The van der Waals surface area contributed by atoms with Gasteiger partial charge in [-0.15, -0.1) is 0 Å². The van der Waals surface area contributed by atoms with Gasteiger partial charge in [0.15, 0.2) is 0 Å². The summed E-state index contributed by atoms with van der Waals surface area (Å²) in [6, 6.07) is 3.87. The summed E-state index contributed by atoms with van der Waals surface area (Å²) in [5.41, 5.74) is 2.49. The second-order valence-corrected chi connectivity index (χ2v) is 5.81. The van der Waals surface area contributed by atoms with Crippen molar-refractivity contribution in [2.24, 2.45) is 5.41 Å². The van der Waals surface area contributed by atoms with E-state index in [2.05, 4.69) is 20.1 Å². The number of pyridine rings is 1. The number of hydrogen-bond donors (Lipinski definition) is 3. The van der Waals surface area contributed by atoms with Gasteiger partial charge in [0.05, 0.1) is 25.1 Å². The van der Waals surface area contributed by atoms with Crippen LogP contribution in [0.1, 0.15) is 12.5 Å². The number of nitrogens with one attached hydrogen (secondary N) is 1. The van der Waals surface area contributed by atoms with Crippen molar-refractivity contribution in [3.63, 3.8) is 0 Å². The van der Waals surface area contributed by atoms with Crippen LogP contribution in [0.3, 0.4) is 0 Å². The number of nitrogens with zero attached hydrogens (tertiary/aromatic N) is 3. The number of aliphatic hydroxyl groups excluding tert-OH is 2. The summed E-state index contributed by atoms with van der Waals surface area (Å²) in [6.07, 6.45) is 5.33. The highest BCUT2D eigenvalue weighted by atomic mass is 16.3. The molecule has 0 bridgehead atoms. The largest absolute Gasteiger partial charge is 0.396 e. The average Bonchev–Trinajstić information content (AvgIpc) is 2.96. The molecule has 3 N–H and O–H groups in total. The SMILES string of the molecule is CN(Cc1cn[nH]c1-c1cccnc1)CC(C)(CO)CO. The molecule has 114 valence electrons. The van der Waals surface area contributed by atoms with Gasteiger partial charge in [0.2, 0.25) is 0 Å². The first-order valence-electron chi connectivity index (χ1n) is 6.91. The third-order valence-corrected chi connectivity index (χ3v) is 3.52. The first-order valence-corrected chi connectivity index (χ1v) is 6.91. The van der Waals surface area contributed by atoms with Crippen molar-refractivity contribution in [1.29, 1.82) is 0 Å². The van der Waals surface area contributed by atoms with Crippen LogP contribution in [0.4, 0.5) is 0 Å². The van der Waals surface area contributed by atoms with Gasteiger partial charge in [-0.2, -0.15) is 5.10 Å². The molecule has 2 aromatic heterocycles. The molecule has 0 aromatic carbocycles. The van der Waals surface area contributed by atoms with E-state index >= 15 is 0 Å². The van der Waals surface area contributed by atoms with Crippen LogP contribution in [-0.2, 0) is 6.54 Å². The second-order valence-electron chi connectivity index (χ2n) is 5.81. The molecule has 2 aromatic rings. The highest BCUT2D eigenvalue weighted by Crippen LogP contribution is 2.22. The third-order valence-electron chi connectivity index (χ3n) is 3.52. The lowest BCUT2D eigenvalue weighted by atomic mass is 9.92. The molecular formula is C15H22N4O2. The summed E-state index contributed by atoms with van der Waals surface area (Å²) >= 11 is 0. The van der Waals surface area contributed by atoms with Crippen LogP contribution < -0.4 is 0 Å². The highest BCUT2D eigenvalue weighted by molar-refractivity contribution is 5.61. The molecule has 0 saturated heterocycles. The Kier molecular flexibility index (Phi) is 5.06. The van der Waals surface area contributed by atoms with Gasteiger partial charge in [0, 0.05) is 42.0 Å². The van der Waals surface area contributed by atoms with E-state index in [4.69, 9.17) is 0 Å². The molecule has 0 amide bonds. The van der Waals surface area contributed by atoms with Gasteiger partial charge < -0.3 is 15.1 Å². The first kappa shape index (κ1) is 15.6. The zero-order valence-corrected chi connectivity index (χ0v) is 12.5. The second kappa shape index (κ2) is 6.80. The fraction of sp³-hybridized carbons (Fsp3) is 0.467. The molecule has 0 fully saturated rings. The first-order chi connectivity index (χ1) is 10.1. The van der Waals surface area contributed by atoms with Gasteiger partial charge in [-0.05, 0) is 19.2 Å². The Morgan fingerprint density at radius 1 is 1.29 bits per heavy atom. The van der Waals surface area contributed by atoms with Crippen molar-refractivity contribution in [3.05, 3.63) is 36.3 Å². The van der Waals surface area contributed by atoms with Gasteiger partial charge in [-0.1, -0.05) is 6.92 Å². The average molecular weight is 290 g/mol. The molecule has 21 heavy (non-hydrogen) atoms. The quantitative estimate of drug-likeness (QED) is 0.705. The van der Waals surface area contributed by atoms with Crippen molar-refractivity contribution in [2.75, 3.05) is 26.8 Å². The lowest BCUT2D eigenvalue weighted by Crippen LogP contribution is -2.38. The van der Waals surface area contributed by atoms with E-state index in [1.807, 2.05) is 26.1 Å². The molecule has 0 atom stereocenters. The number of rotatable bonds is 7. The lowest BCUT2D eigenvalue weighted by molar-refractivity contribution is 0.0402. The Morgan fingerprint density at radius 2 is 2.05 bits per heavy atom. The molecule has 0 saturated carbocycles. The van der Waals surface area contributed by atoms with E-state index in [0.29, 0.717) is 13.1 Å². The molecular weight excluding hydrogens is 268 g/mol. The van der Waals surface area contributed by atoms with Gasteiger partial charge >= 0.3 is 0 Å². The molecule has 0 radical (unpaired) electrons. The summed E-state index contributed by atoms with van der Waals surface area (Å²) in [7, 11) is 1.96. The summed E-state index contributed by atoms with van der Waals surface area (Å²) in [6.45, 7) is 3.04. The predicted molar refractivity (Wildman–Crippen MR) is 80.4 cm³/mol. The minimum Gasteiger partial charge on any atom is -0.396 e. The molecule has 2 heterocycles. The van der Waals surface area contributed by atoms with Crippen molar-refractivity contribution in [3.8, 4) is 11.3 Å². The zero-order chi connectivity index (χ0) is 15.3. The maximum Gasteiger partial charge on any atom is 0.0710 e. The monoisotopic (exact) mass is 290 g/mol. The van der Waals surface area contributed by atoms with Crippen LogP contribution in [0, 0.1) is 5.41 Å². The number of aliphatic hydroxyl groups is 2. The smallest absolute Gasteiger partial charge is 0.0710 e. The van der Waals surface area contributed by atoms with Crippen molar-refractivity contribution in [2.45, 2.75) is 13.5 Å². The maximum atomic E-state index is 9.38. The Balaban J connectivity index is 2.09. The minimum absolute atomic E-state index is 0.0469. The Labute approximate surface area is 124 Å². The summed E-state index contributed by atoms with van der Waals surface area (Å²) in [5.74, 6) is 0. The van der Waals surface area contributed by atoms with E-state index < -0.39 is 5.41 Å². The Morgan fingerprint density at radius 3 is 2.67 bits per heavy atom. The Bertz CT molecular complexity index is 552. The molecule has 0 aliphatic rings. The third kappa shape index (κ3) is 3.87. The van der Waals surface area contributed by atoms with E-state index in [1.165, 1.54) is 0 Å². The Hall–Kier alpha value is -1.76. The lowest BCUT2D eigenvalue weighted by Gasteiger charge is -2.30. The van der Waals surface area contributed by atoms with Crippen LogP contribution in [0.2, 0.25) is 0 Å². The van der Waals surface area contributed by atoms with Crippen LogP contribution in [0.25, 0.3) is 11.3 Å². The molecule has 6 heteroatoms. The predicted octanol–water partition coefficient (Wildman–Crippen LogP) is 0.894. The summed E-state index contributed by atoms with van der Waals surface area (Å²) in [5, 5.41) is 25.9. The van der Waals surface area contributed by atoms with Crippen molar-refractivity contribution < 1.29 is 10.2 Å². The van der Waals surface area contributed by atoms with Gasteiger partial charge in [-0.25, -0.2) is 0 Å². The highest BCUT2D eigenvalue weighted by Gasteiger charge is 2.24. The molecule has 0 aliphatic heterocycles. The van der Waals surface area contributed by atoms with Crippen LogP contribution in [-0.4, -0.2) is 57.1 Å². The number of aromatic amines is 1. The van der Waals surface area contributed by atoms with E-state index in [9.17, 15) is 10.2 Å². The van der Waals surface area contributed by atoms with Gasteiger partial charge in [0.1, 0.15) is 0 Å². The molecule has 0 unspecified atom stereocenters. The van der Waals surface area contributed by atoms with Crippen molar-refractivity contribution in [1.82, 2.24) is 20.1 Å². The minimum atomic E-state index is -0.507. The fourth-order valence-electron chi connectivity index (χ4n) is 2.34.